The third-order valence-electron chi connectivity index (χ3n) is 2.06. The van der Waals surface area contributed by atoms with Crippen LogP contribution in [-0.4, -0.2) is 19.3 Å². The second-order valence-electron chi connectivity index (χ2n) is 3.41. The minimum atomic E-state index is 0.546. The van der Waals surface area contributed by atoms with E-state index in [9.17, 15) is 0 Å². The molecule has 2 rings (SSSR count). The van der Waals surface area contributed by atoms with E-state index in [4.69, 9.17) is 9.47 Å². The van der Waals surface area contributed by atoms with Crippen LogP contribution < -0.4 is 0 Å². The highest BCUT2D eigenvalue weighted by Gasteiger charge is 2.07. The molecule has 12 heavy (non-hydrogen) atoms. The third kappa shape index (κ3) is 3.77. The summed E-state index contributed by atoms with van der Waals surface area (Å²) < 4.78 is 10.0. The minimum Gasteiger partial charge on any atom is -0.501 e. The molecule has 70 valence electrons. The van der Waals surface area contributed by atoms with E-state index in [-0.39, 0.29) is 0 Å². The second kappa shape index (κ2) is 5.20. The maximum absolute atomic E-state index is 5.15. The van der Waals surface area contributed by atoms with E-state index in [1.165, 1.54) is 18.4 Å². The van der Waals surface area contributed by atoms with E-state index in [2.05, 4.69) is 13.8 Å². The highest BCUT2D eigenvalue weighted by molar-refractivity contribution is 4.96. The molecule has 2 heteroatoms. The maximum Gasteiger partial charge on any atom is 0.0911 e. The molecular formula is C10H18O2. The number of hydrogen-bond acceptors (Lipinski definition) is 2. The van der Waals surface area contributed by atoms with Gasteiger partial charge < -0.3 is 9.47 Å². The van der Waals surface area contributed by atoms with Gasteiger partial charge in [-0.3, -0.25) is 0 Å². The first-order valence-electron chi connectivity index (χ1n) is 4.68. The van der Waals surface area contributed by atoms with Crippen LogP contribution in [0.3, 0.4) is 0 Å². The van der Waals surface area contributed by atoms with E-state index < -0.39 is 0 Å². The quantitative estimate of drug-likeness (QED) is 0.556. The Labute approximate surface area is 74.6 Å². The van der Waals surface area contributed by atoms with Crippen LogP contribution in [0, 0.1) is 0 Å². The molecule has 1 fully saturated rings. The fraction of sp³-hybridized carbons (Fsp3) is 0.800. The van der Waals surface area contributed by atoms with Crippen molar-refractivity contribution in [2.75, 3.05) is 13.2 Å². The molecule has 0 amide bonds. The van der Waals surface area contributed by atoms with Crippen molar-refractivity contribution in [2.24, 2.45) is 0 Å². The summed E-state index contributed by atoms with van der Waals surface area (Å²) in [7, 11) is 0. The molecule has 0 aromatic rings. The van der Waals surface area contributed by atoms with Crippen molar-refractivity contribution in [3.8, 4) is 0 Å². The molecule has 0 aromatic carbocycles. The smallest absolute Gasteiger partial charge is 0.0911 e. The second-order valence-corrected chi connectivity index (χ2v) is 3.41. The van der Waals surface area contributed by atoms with Gasteiger partial charge in [-0.1, -0.05) is 0 Å². The van der Waals surface area contributed by atoms with Crippen LogP contribution >= 0.6 is 0 Å². The Hall–Kier alpha value is -0.500. The predicted molar refractivity (Wildman–Crippen MR) is 49.0 cm³/mol. The molecule has 1 unspecified atom stereocenters. The molecule has 0 aromatic heterocycles. The van der Waals surface area contributed by atoms with Gasteiger partial charge in [-0.2, -0.15) is 0 Å². The van der Waals surface area contributed by atoms with Gasteiger partial charge in [0.15, 0.2) is 0 Å². The standard InChI is InChI=1S/C5H8O.C5H10O/c1-5-2-3-6-4-5;1-5-3-2-4-6-5/h4H,2-3H2,1H3;5H,2-4H2,1H3. The number of ether oxygens (including phenoxy) is 2. The van der Waals surface area contributed by atoms with E-state index in [0.29, 0.717) is 6.10 Å². The fourth-order valence-corrected chi connectivity index (χ4v) is 1.22. The molecule has 0 bridgehead atoms. The van der Waals surface area contributed by atoms with Crippen LogP contribution in [0.25, 0.3) is 0 Å². The molecular weight excluding hydrogens is 152 g/mol. The van der Waals surface area contributed by atoms with E-state index in [0.717, 1.165) is 19.6 Å². The molecule has 0 aliphatic carbocycles. The lowest BCUT2D eigenvalue weighted by Gasteiger charge is -1.94. The largest absolute Gasteiger partial charge is 0.501 e. The van der Waals surface area contributed by atoms with Gasteiger partial charge in [-0.05, 0) is 32.3 Å². The van der Waals surface area contributed by atoms with Crippen molar-refractivity contribution in [1.29, 1.82) is 0 Å². The molecule has 1 atom stereocenters. The third-order valence-corrected chi connectivity index (χ3v) is 2.06. The average molecular weight is 170 g/mol. The Kier molecular flexibility index (Phi) is 4.15. The van der Waals surface area contributed by atoms with Gasteiger partial charge >= 0.3 is 0 Å². The molecule has 1 saturated heterocycles. The van der Waals surface area contributed by atoms with Crippen molar-refractivity contribution in [3.63, 3.8) is 0 Å². The first-order chi connectivity index (χ1) is 5.79. The summed E-state index contributed by atoms with van der Waals surface area (Å²) >= 11 is 0. The van der Waals surface area contributed by atoms with Crippen LogP contribution in [0.2, 0.25) is 0 Å². The molecule has 2 aliphatic heterocycles. The summed E-state index contributed by atoms with van der Waals surface area (Å²) in [5, 5.41) is 0. The first kappa shape index (κ1) is 9.59. The normalized spacial score (nSPS) is 27.2. The predicted octanol–water partition coefficient (Wildman–Crippen LogP) is 2.50. The highest BCUT2D eigenvalue weighted by atomic mass is 16.5. The average Bonchev–Trinajstić information content (AvgIpc) is 2.63. The van der Waals surface area contributed by atoms with Crippen molar-refractivity contribution in [1.82, 2.24) is 0 Å². The topological polar surface area (TPSA) is 18.5 Å². The molecule has 0 spiro atoms. The Morgan fingerprint density at radius 3 is 2.42 bits per heavy atom. The van der Waals surface area contributed by atoms with Gasteiger partial charge in [-0.15, -0.1) is 0 Å². The fourth-order valence-electron chi connectivity index (χ4n) is 1.22. The number of rotatable bonds is 0. The van der Waals surface area contributed by atoms with E-state index >= 15 is 0 Å². The maximum atomic E-state index is 5.15. The summed E-state index contributed by atoms with van der Waals surface area (Å²) in [6.45, 7) is 6.08. The highest BCUT2D eigenvalue weighted by Crippen LogP contribution is 2.09. The van der Waals surface area contributed by atoms with Gasteiger partial charge in [0, 0.05) is 13.0 Å². The molecule has 0 N–H and O–H groups in total. The van der Waals surface area contributed by atoms with Crippen LogP contribution in [0.4, 0.5) is 0 Å². The van der Waals surface area contributed by atoms with E-state index in [1.54, 1.807) is 0 Å². The van der Waals surface area contributed by atoms with Crippen molar-refractivity contribution < 1.29 is 9.47 Å². The molecule has 2 aliphatic rings. The van der Waals surface area contributed by atoms with Crippen LogP contribution in [-0.2, 0) is 9.47 Å². The summed E-state index contributed by atoms with van der Waals surface area (Å²) in [5.41, 5.74) is 1.36. The first-order valence-corrected chi connectivity index (χ1v) is 4.68. The van der Waals surface area contributed by atoms with Crippen LogP contribution in [0.15, 0.2) is 11.8 Å². The molecule has 2 nitrogen and oxygen atoms in total. The van der Waals surface area contributed by atoms with Gasteiger partial charge in [0.2, 0.25) is 0 Å². The van der Waals surface area contributed by atoms with Gasteiger partial charge in [0.05, 0.1) is 19.0 Å². The Morgan fingerprint density at radius 2 is 2.25 bits per heavy atom. The van der Waals surface area contributed by atoms with Crippen LogP contribution in [0.1, 0.15) is 33.1 Å². The molecule has 2 heterocycles. The zero-order valence-corrected chi connectivity index (χ0v) is 8.01. The van der Waals surface area contributed by atoms with Crippen molar-refractivity contribution in [3.05, 3.63) is 11.8 Å². The summed E-state index contributed by atoms with van der Waals surface area (Å²) in [5.74, 6) is 0. The zero-order valence-electron chi connectivity index (χ0n) is 8.01. The summed E-state index contributed by atoms with van der Waals surface area (Å²) in [6.07, 6.45) is 6.02. The molecule has 0 radical (unpaired) electrons. The van der Waals surface area contributed by atoms with Crippen LogP contribution in [0.5, 0.6) is 0 Å². The van der Waals surface area contributed by atoms with Gasteiger partial charge in [0.1, 0.15) is 0 Å². The molecule has 0 saturated carbocycles. The lowest BCUT2D eigenvalue weighted by Crippen LogP contribution is -1.94. The van der Waals surface area contributed by atoms with Gasteiger partial charge in [0.25, 0.3) is 0 Å². The summed E-state index contributed by atoms with van der Waals surface area (Å²) in [4.78, 5) is 0. The summed E-state index contributed by atoms with van der Waals surface area (Å²) in [6, 6.07) is 0. The van der Waals surface area contributed by atoms with Crippen molar-refractivity contribution in [2.45, 2.75) is 39.2 Å². The Balaban J connectivity index is 0.000000120. The lowest BCUT2D eigenvalue weighted by molar-refractivity contribution is 0.125. The SMILES string of the molecule is CC1=COCC1.CC1CCCO1. The lowest BCUT2D eigenvalue weighted by atomic mass is 10.3. The number of hydrogen-bond donors (Lipinski definition) is 0. The van der Waals surface area contributed by atoms with Crippen molar-refractivity contribution >= 4 is 0 Å². The monoisotopic (exact) mass is 170 g/mol. The Bertz CT molecular complexity index is 146. The zero-order chi connectivity index (χ0) is 8.81. The minimum absolute atomic E-state index is 0.546. The van der Waals surface area contributed by atoms with Gasteiger partial charge in [-0.25, -0.2) is 0 Å². The Morgan fingerprint density at radius 1 is 1.42 bits per heavy atom. The van der Waals surface area contributed by atoms with E-state index in [1.807, 2.05) is 6.26 Å².